The smallest absolute Gasteiger partial charge is 0.115 e. The van der Waals surface area contributed by atoms with Gasteiger partial charge in [0.1, 0.15) is 6.33 Å². The number of rotatable bonds is 3. The summed E-state index contributed by atoms with van der Waals surface area (Å²) in [5.41, 5.74) is 0.987. The van der Waals surface area contributed by atoms with Gasteiger partial charge < -0.3 is 5.32 Å². The Kier molecular flexibility index (Phi) is 2.83. The first kappa shape index (κ1) is 7.98. The van der Waals surface area contributed by atoms with Gasteiger partial charge in [0.05, 0.1) is 18.1 Å². The lowest BCUT2D eigenvalue weighted by atomic mass is 10.2. The van der Waals surface area contributed by atoms with Gasteiger partial charge in [0.25, 0.3) is 0 Å². The minimum absolute atomic E-state index is 0.648. The molecule has 0 bridgehead atoms. The molecule has 0 amide bonds. The molecule has 1 rings (SSSR count). The van der Waals surface area contributed by atoms with E-state index in [2.05, 4.69) is 29.1 Å². The van der Waals surface area contributed by atoms with Crippen molar-refractivity contribution in [2.75, 3.05) is 11.9 Å². The zero-order valence-electron chi connectivity index (χ0n) is 6.91. The van der Waals surface area contributed by atoms with E-state index in [1.807, 2.05) is 0 Å². The molecule has 1 heterocycles. The van der Waals surface area contributed by atoms with Crippen LogP contribution in [0.3, 0.4) is 0 Å². The fourth-order valence-electron chi connectivity index (χ4n) is 0.712. The Balaban J connectivity index is 2.39. The highest BCUT2D eigenvalue weighted by molar-refractivity contribution is 5.36. The molecule has 0 saturated heterocycles. The van der Waals surface area contributed by atoms with Gasteiger partial charge in [-0.25, -0.2) is 9.97 Å². The van der Waals surface area contributed by atoms with Gasteiger partial charge in [-0.15, -0.1) is 0 Å². The molecule has 0 radical (unpaired) electrons. The van der Waals surface area contributed by atoms with Gasteiger partial charge in [-0.3, -0.25) is 0 Å². The average Bonchev–Trinajstić information content (AvgIpc) is 2.03. The number of anilines is 1. The van der Waals surface area contributed by atoms with Crippen molar-refractivity contribution in [3.63, 3.8) is 0 Å². The first-order valence-electron chi connectivity index (χ1n) is 3.78. The number of hydrogen-bond donors (Lipinski definition) is 1. The van der Waals surface area contributed by atoms with E-state index in [0.717, 1.165) is 12.2 Å². The van der Waals surface area contributed by atoms with E-state index in [1.165, 1.54) is 6.33 Å². The molecule has 1 N–H and O–H groups in total. The fraction of sp³-hybridized carbons (Fsp3) is 0.500. The van der Waals surface area contributed by atoms with Crippen LogP contribution in [0.15, 0.2) is 18.7 Å². The van der Waals surface area contributed by atoms with Crippen molar-refractivity contribution in [1.29, 1.82) is 0 Å². The van der Waals surface area contributed by atoms with Crippen molar-refractivity contribution in [3.8, 4) is 0 Å². The second kappa shape index (κ2) is 3.91. The summed E-state index contributed by atoms with van der Waals surface area (Å²) in [4.78, 5) is 7.78. The lowest BCUT2D eigenvalue weighted by Gasteiger charge is -2.06. The van der Waals surface area contributed by atoms with E-state index in [9.17, 15) is 0 Å². The Morgan fingerprint density at radius 1 is 1.36 bits per heavy atom. The normalized spacial score (nSPS) is 10.1. The van der Waals surface area contributed by atoms with Crippen LogP contribution in [0.1, 0.15) is 13.8 Å². The standard InChI is InChI=1S/C8H13N3/c1-7(2)3-11-8-4-9-6-10-5-8/h4-7,11H,3H2,1-2H3. The second-order valence-corrected chi connectivity index (χ2v) is 2.90. The van der Waals surface area contributed by atoms with Crippen LogP contribution in [0.4, 0.5) is 5.69 Å². The van der Waals surface area contributed by atoms with Gasteiger partial charge >= 0.3 is 0 Å². The van der Waals surface area contributed by atoms with Crippen LogP contribution in [0.2, 0.25) is 0 Å². The summed E-state index contributed by atoms with van der Waals surface area (Å²) in [5.74, 6) is 0.648. The van der Waals surface area contributed by atoms with Crippen LogP contribution in [0.5, 0.6) is 0 Å². The van der Waals surface area contributed by atoms with Crippen molar-refractivity contribution in [2.24, 2.45) is 5.92 Å². The summed E-state index contributed by atoms with van der Waals surface area (Å²) in [6, 6.07) is 0. The minimum atomic E-state index is 0.648. The quantitative estimate of drug-likeness (QED) is 0.712. The molecule has 0 aliphatic heterocycles. The van der Waals surface area contributed by atoms with Crippen LogP contribution in [-0.2, 0) is 0 Å². The molecule has 60 valence electrons. The Morgan fingerprint density at radius 3 is 2.55 bits per heavy atom. The highest BCUT2D eigenvalue weighted by Gasteiger charge is 1.93. The maximum Gasteiger partial charge on any atom is 0.115 e. The second-order valence-electron chi connectivity index (χ2n) is 2.90. The molecule has 0 spiro atoms. The van der Waals surface area contributed by atoms with Gasteiger partial charge in [-0.05, 0) is 5.92 Å². The number of nitrogens with zero attached hydrogens (tertiary/aromatic N) is 2. The zero-order chi connectivity index (χ0) is 8.10. The molecule has 3 nitrogen and oxygen atoms in total. The molecule has 0 aromatic carbocycles. The molecule has 0 fully saturated rings. The third-order valence-corrected chi connectivity index (χ3v) is 1.28. The Bertz CT molecular complexity index is 196. The third kappa shape index (κ3) is 2.98. The molecule has 0 aliphatic rings. The first-order chi connectivity index (χ1) is 5.29. The largest absolute Gasteiger partial charge is 0.382 e. The maximum atomic E-state index is 3.89. The molecule has 11 heavy (non-hydrogen) atoms. The Hall–Kier alpha value is -1.12. The van der Waals surface area contributed by atoms with E-state index in [0.29, 0.717) is 5.92 Å². The van der Waals surface area contributed by atoms with Crippen molar-refractivity contribution in [3.05, 3.63) is 18.7 Å². The molecular formula is C8H13N3. The number of hydrogen-bond acceptors (Lipinski definition) is 3. The molecular weight excluding hydrogens is 138 g/mol. The third-order valence-electron chi connectivity index (χ3n) is 1.28. The summed E-state index contributed by atoms with van der Waals surface area (Å²) in [5, 5.41) is 3.22. The van der Waals surface area contributed by atoms with Crippen molar-refractivity contribution in [2.45, 2.75) is 13.8 Å². The van der Waals surface area contributed by atoms with Crippen molar-refractivity contribution in [1.82, 2.24) is 9.97 Å². The first-order valence-corrected chi connectivity index (χ1v) is 3.78. The predicted octanol–water partition coefficient (Wildman–Crippen LogP) is 1.54. The van der Waals surface area contributed by atoms with Gasteiger partial charge in [0.2, 0.25) is 0 Å². The summed E-state index contributed by atoms with van der Waals surface area (Å²) in [6.07, 6.45) is 5.07. The molecule has 1 aromatic heterocycles. The highest BCUT2D eigenvalue weighted by Crippen LogP contribution is 2.01. The van der Waals surface area contributed by atoms with E-state index >= 15 is 0 Å². The van der Waals surface area contributed by atoms with Crippen molar-refractivity contribution < 1.29 is 0 Å². The van der Waals surface area contributed by atoms with E-state index in [-0.39, 0.29) is 0 Å². The Morgan fingerprint density at radius 2 is 2.00 bits per heavy atom. The van der Waals surface area contributed by atoms with E-state index in [4.69, 9.17) is 0 Å². The molecule has 0 saturated carbocycles. The molecule has 0 aliphatic carbocycles. The van der Waals surface area contributed by atoms with Crippen LogP contribution < -0.4 is 5.32 Å². The highest BCUT2D eigenvalue weighted by atomic mass is 14.9. The van der Waals surface area contributed by atoms with E-state index in [1.54, 1.807) is 12.4 Å². The lowest BCUT2D eigenvalue weighted by molar-refractivity contribution is 0.688. The van der Waals surface area contributed by atoms with Gasteiger partial charge in [0.15, 0.2) is 0 Å². The average molecular weight is 151 g/mol. The Labute approximate surface area is 66.9 Å². The minimum Gasteiger partial charge on any atom is -0.382 e. The molecule has 3 heteroatoms. The van der Waals surface area contributed by atoms with Gasteiger partial charge in [-0.2, -0.15) is 0 Å². The monoisotopic (exact) mass is 151 g/mol. The van der Waals surface area contributed by atoms with Crippen LogP contribution in [-0.4, -0.2) is 16.5 Å². The topological polar surface area (TPSA) is 37.8 Å². The number of aromatic nitrogens is 2. The van der Waals surface area contributed by atoms with Gasteiger partial charge in [0, 0.05) is 6.54 Å². The van der Waals surface area contributed by atoms with E-state index < -0.39 is 0 Å². The molecule has 0 unspecified atom stereocenters. The maximum absolute atomic E-state index is 3.89. The van der Waals surface area contributed by atoms with Crippen molar-refractivity contribution >= 4 is 5.69 Å². The molecule has 0 atom stereocenters. The molecule has 1 aromatic rings. The van der Waals surface area contributed by atoms with Gasteiger partial charge in [-0.1, -0.05) is 13.8 Å². The van der Waals surface area contributed by atoms with Crippen LogP contribution in [0, 0.1) is 5.92 Å². The lowest BCUT2D eigenvalue weighted by Crippen LogP contribution is -2.07. The summed E-state index contributed by atoms with van der Waals surface area (Å²) >= 11 is 0. The van der Waals surface area contributed by atoms with Crippen LogP contribution >= 0.6 is 0 Å². The summed E-state index contributed by atoms with van der Waals surface area (Å²) in [6.45, 7) is 5.29. The summed E-state index contributed by atoms with van der Waals surface area (Å²) in [7, 11) is 0. The number of nitrogens with one attached hydrogen (secondary N) is 1. The fourth-order valence-corrected chi connectivity index (χ4v) is 0.712. The predicted molar refractivity (Wildman–Crippen MR) is 45.4 cm³/mol. The summed E-state index contributed by atoms with van der Waals surface area (Å²) < 4.78 is 0. The SMILES string of the molecule is CC(C)CNc1cncnc1. The zero-order valence-corrected chi connectivity index (χ0v) is 6.91. The van der Waals surface area contributed by atoms with Crippen LogP contribution in [0.25, 0.3) is 0 Å².